The maximum Gasteiger partial charge on any atom is 0.193 e. The quantitative estimate of drug-likeness (QED) is 0.166. The van der Waals surface area contributed by atoms with Gasteiger partial charge >= 0.3 is 0 Å². The Morgan fingerprint density at radius 2 is 0.838 bits per heavy atom. The summed E-state index contributed by atoms with van der Waals surface area (Å²) in [6.45, 7) is 4.67. The van der Waals surface area contributed by atoms with E-state index in [1.165, 1.54) is 33.3 Å². The van der Waals surface area contributed by atoms with Crippen molar-refractivity contribution in [1.29, 1.82) is 0 Å². The van der Waals surface area contributed by atoms with Crippen LogP contribution in [-0.2, 0) is 10.8 Å². The Labute approximate surface area is 396 Å². The van der Waals surface area contributed by atoms with Gasteiger partial charge < -0.3 is 9.47 Å². The molecule has 10 aromatic carbocycles. The molecule has 2 heterocycles. The average molecular weight is 871 g/mol. The molecule has 0 N–H and O–H groups in total. The van der Waals surface area contributed by atoms with Crippen molar-refractivity contribution in [1.82, 2.24) is 4.57 Å². The van der Waals surface area contributed by atoms with E-state index in [1.54, 1.807) is 0 Å². The molecule has 0 amide bonds. The fraction of sp³-hybridized carbons (Fsp3) is 0.0615. The summed E-state index contributed by atoms with van der Waals surface area (Å²) >= 11 is 0. The number of nitrogens with zero attached hydrogens (tertiary/aromatic N) is 2. The lowest BCUT2D eigenvalue weighted by Crippen LogP contribution is -2.38. The summed E-state index contributed by atoms with van der Waals surface area (Å²) in [4.78, 5) is 16.9. The van der Waals surface area contributed by atoms with E-state index in [9.17, 15) is 4.79 Å². The molecule has 1 aromatic heterocycles. The van der Waals surface area contributed by atoms with Crippen LogP contribution in [0, 0.1) is 0 Å². The Morgan fingerprint density at radius 3 is 1.49 bits per heavy atom. The van der Waals surface area contributed by atoms with Gasteiger partial charge in [0.15, 0.2) is 5.78 Å². The standard InChI is InChI=1S/C65H46N2O/c1-64(2)56-29-14-16-31-61(56)67(62-32-17-15-30-57(62)64)50-35-38-60-54(42-50)53-40-45(34-37-59(53)66(60)49-25-10-5-11-26-49)43-19-18-20-44(39-43)46-33-36-52-58(41-46)65(47-21-6-3-7-22-47,48-23-8-4-9-24-48)55-28-13-12-27-51(55)63(52)68/h3-42H,1-2H3. The average Bonchev–Trinajstić information content (AvgIpc) is 3.73. The summed E-state index contributed by atoms with van der Waals surface area (Å²) in [5.41, 5.74) is 18.9. The summed E-state index contributed by atoms with van der Waals surface area (Å²) in [5, 5.41) is 2.38. The molecule has 68 heavy (non-hydrogen) atoms. The topological polar surface area (TPSA) is 25.2 Å². The van der Waals surface area contributed by atoms with Crippen molar-refractivity contribution in [2.45, 2.75) is 24.7 Å². The molecule has 0 saturated carbocycles. The van der Waals surface area contributed by atoms with Gasteiger partial charge in [0.25, 0.3) is 0 Å². The van der Waals surface area contributed by atoms with E-state index in [1.807, 2.05) is 12.1 Å². The maximum absolute atomic E-state index is 14.5. The lowest BCUT2D eigenvalue weighted by Gasteiger charge is -2.42. The Hall–Kier alpha value is -8.53. The number of aromatic nitrogens is 1. The SMILES string of the molecule is CC1(C)c2ccccc2N(c2ccc3c(c2)c2cc(-c4cccc(-c5ccc6c(c5)C(c5ccccc5)(c5ccccc5)c5ccccc5C6=O)c4)ccc2n3-c2ccccc2)c2ccccc21. The van der Waals surface area contributed by atoms with Gasteiger partial charge in [-0.05, 0) is 122 Å². The highest BCUT2D eigenvalue weighted by Crippen LogP contribution is 2.54. The molecule has 3 nitrogen and oxygen atoms in total. The molecule has 13 rings (SSSR count). The zero-order valence-corrected chi connectivity index (χ0v) is 37.9. The zero-order valence-electron chi connectivity index (χ0n) is 37.9. The summed E-state index contributed by atoms with van der Waals surface area (Å²) < 4.78 is 2.40. The molecule has 0 saturated heterocycles. The molecule has 0 unspecified atom stereocenters. The summed E-state index contributed by atoms with van der Waals surface area (Å²) in [5.74, 6) is 0.0575. The van der Waals surface area contributed by atoms with Crippen molar-refractivity contribution in [2.75, 3.05) is 4.90 Å². The van der Waals surface area contributed by atoms with Gasteiger partial charge in [-0.15, -0.1) is 0 Å². The van der Waals surface area contributed by atoms with Crippen LogP contribution in [-0.4, -0.2) is 10.4 Å². The van der Waals surface area contributed by atoms with Gasteiger partial charge in [0, 0.05) is 38.7 Å². The first kappa shape index (κ1) is 39.8. The van der Waals surface area contributed by atoms with E-state index >= 15 is 0 Å². The number of rotatable bonds is 6. The van der Waals surface area contributed by atoms with Crippen molar-refractivity contribution < 1.29 is 4.79 Å². The lowest BCUT2D eigenvalue weighted by molar-refractivity contribution is 0.103. The molecule has 0 bridgehead atoms. The monoisotopic (exact) mass is 870 g/mol. The van der Waals surface area contributed by atoms with Crippen molar-refractivity contribution in [3.05, 3.63) is 287 Å². The highest BCUT2D eigenvalue weighted by molar-refractivity contribution is 6.15. The first-order valence-electron chi connectivity index (χ1n) is 23.5. The molecule has 0 fully saturated rings. The van der Waals surface area contributed by atoms with Gasteiger partial charge in [-0.25, -0.2) is 0 Å². The van der Waals surface area contributed by atoms with Crippen LogP contribution in [0.1, 0.15) is 63.1 Å². The number of hydrogen-bond donors (Lipinski definition) is 0. The van der Waals surface area contributed by atoms with E-state index in [-0.39, 0.29) is 11.2 Å². The Bertz CT molecular complexity index is 3700. The molecule has 3 heteroatoms. The molecule has 0 atom stereocenters. The predicted octanol–water partition coefficient (Wildman–Crippen LogP) is 16.2. The van der Waals surface area contributed by atoms with Gasteiger partial charge in [-0.1, -0.05) is 190 Å². The number of benzene rings is 10. The molecule has 11 aromatic rings. The first-order chi connectivity index (χ1) is 33.4. The van der Waals surface area contributed by atoms with Crippen molar-refractivity contribution in [2.24, 2.45) is 0 Å². The smallest absolute Gasteiger partial charge is 0.193 e. The Balaban J connectivity index is 0.980. The van der Waals surface area contributed by atoms with Crippen molar-refractivity contribution in [3.63, 3.8) is 0 Å². The first-order valence-corrected chi connectivity index (χ1v) is 23.5. The van der Waals surface area contributed by atoms with E-state index < -0.39 is 5.41 Å². The third-order valence-electron chi connectivity index (χ3n) is 14.8. The van der Waals surface area contributed by atoms with Gasteiger partial charge in [0.2, 0.25) is 0 Å². The normalized spacial score (nSPS) is 14.3. The van der Waals surface area contributed by atoms with Crippen LogP contribution in [0.3, 0.4) is 0 Å². The number of para-hydroxylation sites is 3. The highest BCUT2D eigenvalue weighted by atomic mass is 16.1. The molecule has 2 aliphatic rings. The van der Waals surface area contributed by atoms with Crippen LogP contribution in [0.5, 0.6) is 0 Å². The largest absolute Gasteiger partial charge is 0.310 e. The van der Waals surface area contributed by atoms with Crippen LogP contribution in [0.15, 0.2) is 243 Å². The fourth-order valence-electron chi connectivity index (χ4n) is 11.7. The summed E-state index contributed by atoms with van der Waals surface area (Å²) in [7, 11) is 0. The van der Waals surface area contributed by atoms with Gasteiger partial charge in [-0.2, -0.15) is 0 Å². The van der Waals surface area contributed by atoms with Crippen LogP contribution >= 0.6 is 0 Å². The van der Waals surface area contributed by atoms with E-state index in [0.717, 1.165) is 78.0 Å². The van der Waals surface area contributed by atoms with Gasteiger partial charge in [0.1, 0.15) is 0 Å². The van der Waals surface area contributed by atoms with E-state index in [2.05, 4.69) is 254 Å². The molecule has 1 aliphatic heterocycles. The number of fused-ring (bicyclic) bond motifs is 7. The molecule has 1 aliphatic carbocycles. The Morgan fingerprint density at radius 1 is 0.353 bits per heavy atom. The minimum Gasteiger partial charge on any atom is -0.310 e. The molecule has 322 valence electrons. The zero-order chi connectivity index (χ0) is 45.6. The highest BCUT2D eigenvalue weighted by Gasteiger charge is 2.46. The van der Waals surface area contributed by atoms with Crippen molar-refractivity contribution >= 4 is 44.7 Å². The lowest BCUT2D eigenvalue weighted by atomic mass is 9.59. The Kier molecular flexibility index (Phi) is 8.94. The van der Waals surface area contributed by atoms with Gasteiger partial charge in [0.05, 0.1) is 27.8 Å². The molecule has 0 radical (unpaired) electrons. The third kappa shape index (κ3) is 5.82. The van der Waals surface area contributed by atoms with Crippen LogP contribution in [0.4, 0.5) is 17.1 Å². The third-order valence-corrected chi connectivity index (χ3v) is 14.8. The summed E-state index contributed by atoms with van der Waals surface area (Å²) in [6, 6.07) is 87.2. The van der Waals surface area contributed by atoms with Crippen LogP contribution < -0.4 is 4.90 Å². The maximum atomic E-state index is 14.5. The number of ketones is 1. The summed E-state index contributed by atoms with van der Waals surface area (Å²) in [6.07, 6.45) is 0. The van der Waals surface area contributed by atoms with Crippen LogP contribution in [0.2, 0.25) is 0 Å². The minimum atomic E-state index is -0.707. The number of anilines is 3. The minimum absolute atomic E-state index is 0.0575. The van der Waals surface area contributed by atoms with Crippen molar-refractivity contribution in [3.8, 4) is 27.9 Å². The number of hydrogen-bond acceptors (Lipinski definition) is 2. The number of carbonyl (C=O) groups is 1. The van der Waals surface area contributed by atoms with E-state index in [4.69, 9.17) is 0 Å². The van der Waals surface area contributed by atoms with Gasteiger partial charge in [-0.3, -0.25) is 4.79 Å². The fourth-order valence-corrected chi connectivity index (χ4v) is 11.7. The van der Waals surface area contributed by atoms with Crippen LogP contribution in [0.25, 0.3) is 49.7 Å². The predicted molar refractivity (Wildman–Crippen MR) is 280 cm³/mol. The molecular weight excluding hydrogens is 825 g/mol. The molecule has 0 spiro atoms. The molecular formula is C65H46N2O. The second-order valence-corrected chi connectivity index (χ2v) is 18.8. The second-order valence-electron chi connectivity index (χ2n) is 18.8. The van der Waals surface area contributed by atoms with E-state index in [0.29, 0.717) is 0 Å². The second kappa shape index (κ2) is 15.3. The number of carbonyl (C=O) groups excluding carboxylic acids is 1.